The van der Waals surface area contributed by atoms with E-state index in [1.54, 1.807) is 0 Å². The van der Waals surface area contributed by atoms with E-state index in [4.69, 9.17) is 0 Å². The molecule has 1 fully saturated rings. The molecule has 1 saturated carbocycles. The molecule has 0 aromatic heterocycles. The van der Waals surface area contributed by atoms with Crippen LogP contribution in [0.3, 0.4) is 0 Å². The Kier molecular flexibility index (Phi) is 3.68. The van der Waals surface area contributed by atoms with Crippen molar-refractivity contribution in [1.29, 1.82) is 0 Å². The number of rotatable bonds is 1. The fourth-order valence-electron chi connectivity index (χ4n) is 3.84. The molecular formula is C16H29N. The molecule has 0 aromatic rings. The molecule has 0 amide bonds. The molecule has 2 bridgehead atoms. The predicted octanol–water partition coefficient (Wildman–Crippen LogP) is 3.86. The van der Waals surface area contributed by atoms with Crippen LogP contribution in [0.15, 0.2) is 12.2 Å². The van der Waals surface area contributed by atoms with Crippen LogP contribution in [0.2, 0.25) is 0 Å². The summed E-state index contributed by atoms with van der Waals surface area (Å²) in [5, 5.41) is 3.60. The monoisotopic (exact) mass is 235 g/mol. The Hall–Kier alpha value is -0.300. The van der Waals surface area contributed by atoms with Crippen molar-refractivity contribution in [3.63, 3.8) is 0 Å². The minimum atomic E-state index is 0.343. The summed E-state index contributed by atoms with van der Waals surface area (Å²) in [5.74, 6) is 4.05. The molecule has 0 spiro atoms. The van der Waals surface area contributed by atoms with Crippen molar-refractivity contribution < 1.29 is 0 Å². The highest BCUT2D eigenvalue weighted by Crippen LogP contribution is 2.50. The van der Waals surface area contributed by atoms with Crippen molar-refractivity contribution in [2.24, 2.45) is 29.6 Å². The lowest BCUT2D eigenvalue weighted by Gasteiger charge is -2.56. The Balaban J connectivity index is 2.20. The third-order valence-electron chi connectivity index (χ3n) is 5.90. The van der Waals surface area contributed by atoms with Gasteiger partial charge in [0.2, 0.25) is 0 Å². The summed E-state index contributed by atoms with van der Waals surface area (Å²) < 4.78 is 0. The Labute approximate surface area is 107 Å². The van der Waals surface area contributed by atoms with Gasteiger partial charge in [0, 0.05) is 5.54 Å². The summed E-state index contributed by atoms with van der Waals surface area (Å²) in [5.41, 5.74) is 0.343. The average Bonchev–Trinajstić information content (AvgIpc) is 2.32. The van der Waals surface area contributed by atoms with Gasteiger partial charge in [0.05, 0.1) is 0 Å². The third kappa shape index (κ3) is 2.19. The predicted molar refractivity (Wildman–Crippen MR) is 74.9 cm³/mol. The first-order valence-electron chi connectivity index (χ1n) is 7.36. The van der Waals surface area contributed by atoms with Gasteiger partial charge in [-0.05, 0) is 56.4 Å². The van der Waals surface area contributed by atoms with Crippen molar-refractivity contribution in [1.82, 2.24) is 5.32 Å². The Morgan fingerprint density at radius 3 is 2.35 bits per heavy atom. The van der Waals surface area contributed by atoms with E-state index >= 15 is 0 Å². The molecule has 3 rings (SSSR count). The maximum atomic E-state index is 3.60. The summed E-state index contributed by atoms with van der Waals surface area (Å²) >= 11 is 0. The van der Waals surface area contributed by atoms with Crippen LogP contribution in [0, 0.1) is 29.6 Å². The fourth-order valence-corrected chi connectivity index (χ4v) is 3.84. The first-order chi connectivity index (χ1) is 7.99. The maximum Gasteiger partial charge on any atom is 0.0243 e. The summed E-state index contributed by atoms with van der Waals surface area (Å²) in [6, 6.07) is 0. The molecule has 98 valence electrons. The minimum Gasteiger partial charge on any atom is -0.314 e. The van der Waals surface area contributed by atoms with Gasteiger partial charge in [-0.25, -0.2) is 0 Å². The molecule has 0 saturated heterocycles. The standard InChI is InChI=1S/C16H29N/c1-11-6-7-13(3)15-10-14(9-8-12(11)2)16(15,4)17-5/h8-9,11-15,17H,6-7,10H2,1-5H3/b9-8-/t11?,12?,13?,14-,15?,16?/m1/s1. The largest absolute Gasteiger partial charge is 0.314 e. The highest BCUT2D eigenvalue weighted by atomic mass is 15.0. The number of fused-ring (bicyclic) bond motifs is 5. The molecule has 6 atom stereocenters. The molecule has 0 heterocycles. The van der Waals surface area contributed by atoms with Crippen molar-refractivity contribution in [3.05, 3.63) is 12.2 Å². The summed E-state index contributed by atoms with van der Waals surface area (Å²) in [7, 11) is 2.14. The Morgan fingerprint density at radius 2 is 1.71 bits per heavy atom. The molecule has 0 radical (unpaired) electrons. The van der Waals surface area contributed by atoms with E-state index < -0.39 is 0 Å². The lowest BCUT2D eigenvalue weighted by molar-refractivity contribution is 0.00533. The molecule has 3 aliphatic carbocycles. The van der Waals surface area contributed by atoms with E-state index in [0.29, 0.717) is 5.54 Å². The molecule has 1 N–H and O–H groups in total. The summed E-state index contributed by atoms with van der Waals surface area (Å²) in [4.78, 5) is 0. The van der Waals surface area contributed by atoms with E-state index in [1.165, 1.54) is 19.3 Å². The van der Waals surface area contributed by atoms with Gasteiger partial charge in [-0.2, -0.15) is 0 Å². The SMILES string of the molecule is CNC1(C)C2C[C@H]1/C=C\C(C)C(C)CCC2C. The second-order valence-electron chi connectivity index (χ2n) is 6.76. The average molecular weight is 235 g/mol. The first-order valence-corrected chi connectivity index (χ1v) is 7.36. The lowest BCUT2D eigenvalue weighted by Crippen LogP contribution is -2.63. The molecule has 0 aliphatic heterocycles. The van der Waals surface area contributed by atoms with Crippen LogP contribution < -0.4 is 5.32 Å². The first kappa shape index (κ1) is 13.1. The summed E-state index contributed by atoms with van der Waals surface area (Å²) in [6.45, 7) is 9.66. The number of nitrogens with one attached hydrogen (secondary N) is 1. The minimum absolute atomic E-state index is 0.343. The van der Waals surface area contributed by atoms with E-state index in [9.17, 15) is 0 Å². The van der Waals surface area contributed by atoms with Gasteiger partial charge in [-0.1, -0.05) is 39.3 Å². The zero-order valence-electron chi connectivity index (χ0n) is 12.2. The topological polar surface area (TPSA) is 12.0 Å². The number of allylic oxidation sites excluding steroid dienone is 1. The van der Waals surface area contributed by atoms with Crippen LogP contribution >= 0.6 is 0 Å². The van der Waals surface area contributed by atoms with Gasteiger partial charge >= 0.3 is 0 Å². The molecule has 17 heavy (non-hydrogen) atoms. The van der Waals surface area contributed by atoms with Crippen molar-refractivity contribution in [2.75, 3.05) is 7.05 Å². The van der Waals surface area contributed by atoms with E-state index in [-0.39, 0.29) is 0 Å². The quantitative estimate of drug-likeness (QED) is 0.681. The second kappa shape index (κ2) is 4.76. The van der Waals surface area contributed by atoms with Crippen LogP contribution in [-0.2, 0) is 0 Å². The molecule has 0 aromatic carbocycles. The molecule has 1 heteroatoms. The van der Waals surface area contributed by atoms with Gasteiger partial charge in [0.25, 0.3) is 0 Å². The van der Waals surface area contributed by atoms with Gasteiger partial charge in [0.1, 0.15) is 0 Å². The van der Waals surface area contributed by atoms with Crippen molar-refractivity contribution in [3.8, 4) is 0 Å². The Bertz CT molecular complexity index is 296. The van der Waals surface area contributed by atoms with Crippen LogP contribution in [0.1, 0.15) is 47.0 Å². The van der Waals surface area contributed by atoms with Gasteiger partial charge in [-0.3, -0.25) is 0 Å². The normalized spacial score (nSPS) is 52.6. The van der Waals surface area contributed by atoms with Gasteiger partial charge < -0.3 is 5.32 Å². The lowest BCUT2D eigenvalue weighted by atomic mass is 9.54. The van der Waals surface area contributed by atoms with E-state index in [0.717, 1.165) is 29.6 Å². The van der Waals surface area contributed by atoms with Crippen LogP contribution in [0.5, 0.6) is 0 Å². The zero-order valence-corrected chi connectivity index (χ0v) is 12.2. The molecular weight excluding hydrogens is 206 g/mol. The van der Waals surface area contributed by atoms with Crippen LogP contribution in [-0.4, -0.2) is 12.6 Å². The van der Waals surface area contributed by atoms with Crippen LogP contribution in [0.25, 0.3) is 0 Å². The van der Waals surface area contributed by atoms with Crippen molar-refractivity contribution >= 4 is 0 Å². The summed E-state index contributed by atoms with van der Waals surface area (Å²) in [6.07, 6.45) is 9.13. The smallest absolute Gasteiger partial charge is 0.0243 e. The third-order valence-corrected chi connectivity index (χ3v) is 5.90. The number of hydrogen-bond acceptors (Lipinski definition) is 1. The zero-order chi connectivity index (χ0) is 12.6. The van der Waals surface area contributed by atoms with Gasteiger partial charge in [-0.15, -0.1) is 0 Å². The highest BCUT2D eigenvalue weighted by Gasteiger charge is 2.51. The molecule has 3 aliphatic rings. The van der Waals surface area contributed by atoms with E-state index in [1.807, 2.05) is 0 Å². The maximum absolute atomic E-state index is 3.60. The van der Waals surface area contributed by atoms with E-state index in [2.05, 4.69) is 52.2 Å². The van der Waals surface area contributed by atoms with Crippen molar-refractivity contribution in [2.45, 2.75) is 52.5 Å². The number of hydrogen-bond donors (Lipinski definition) is 1. The van der Waals surface area contributed by atoms with Crippen LogP contribution in [0.4, 0.5) is 0 Å². The highest BCUT2D eigenvalue weighted by molar-refractivity contribution is 5.15. The van der Waals surface area contributed by atoms with Gasteiger partial charge in [0.15, 0.2) is 0 Å². The Morgan fingerprint density at radius 1 is 1.06 bits per heavy atom. The molecule has 1 nitrogen and oxygen atoms in total. The molecule has 5 unspecified atom stereocenters. The second-order valence-corrected chi connectivity index (χ2v) is 6.76. The fraction of sp³-hybridized carbons (Fsp3) is 0.875.